The van der Waals surface area contributed by atoms with Crippen LogP contribution in [-0.4, -0.2) is 6.04 Å². The fraction of sp³-hybridized carbons (Fsp3) is 0.500. The average molecular weight is 153 g/mol. The third kappa shape index (κ3) is 1.32. The summed E-state index contributed by atoms with van der Waals surface area (Å²) in [7, 11) is 0. The van der Waals surface area contributed by atoms with Gasteiger partial charge in [0.2, 0.25) is 0 Å². The molecule has 2 rings (SSSR count). The number of nitrogens with one attached hydrogen (secondary N) is 1. The summed E-state index contributed by atoms with van der Waals surface area (Å²) in [4.78, 5) is 1.39. The molecule has 1 nitrogen and oxygen atoms in total. The van der Waals surface area contributed by atoms with Crippen LogP contribution in [0.25, 0.3) is 0 Å². The molecule has 54 valence electrons. The van der Waals surface area contributed by atoms with Crippen molar-refractivity contribution in [3.05, 3.63) is 17.0 Å². The minimum atomic E-state index is 0.790. The van der Waals surface area contributed by atoms with E-state index in [1.54, 1.807) is 0 Å². The summed E-state index contributed by atoms with van der Waals surface area (Å²) in [6, 6.07) is 5.12. The predicted molar refractivity (Wildman–Crippen MR) is 45.7 cm³/mol. The minimum Gasteiger partial charge on any atom is -0.374 e. The van der Waals surface area contributed by atoms with Crippen LogP contribution in [0.15, 0.2) is 12.1 Å². The van der Waals surface area contributed by atoms with Gasteiger partial charge in [-0.15, -0.1) is 11.3 Å². The molecule has 1 aliphatic rings. The van der Waals surface area contributed by atoms with Crippen molar-refractivity contribution in [2.75, 3.05) is 5.32 Å². The maximum absolute atomic E-state index is 3.46. The third-order valence-electron chi connectivity index (χ3n) is 1.66. The van der Waals surface area contributed by atoms with Gasteiger partial charge in [0.05, 0.1) is 5.00 Å². The van der Waals surface area contributed by atoms with Crippen molar-refractivity contribution >= 4 is 16.3 Å². The van der Waals surface area contributed by atoms with Crippen molar-refractivity contribution in [3.8, 4) is 0 Å². The molecule has 0 unspecified atom stereocenters. The van der Waals surface area contributed by atoms with Crippen molar-refractivity contribution in [1.29, 1.82) is 0 Å². The van der Waals surface area contributed by atoms with Gasteiger partial charge in [0, 0.05) is 10.9 Å². The van der Waals surface area contributed by atoms with Crippen molar-refractivity contribution in [3.63, 3.8) is 0 Å². The van der Waals surface area contributed by atoms with Crippen LogP contribution in [0.4, 0.5) is 5.00 Å². The Hall–Kier alpha value is -0.500. The standard InChI is InChI=1S/C8H11NS/c1-6-2-5-8(10-6)9-7-3-4-7/h2,5,7,9H,3-4H2,1H3. The van der Waals surface area contributed by atoms with E-state index in [4.69, 9.17) is 0 Å². The number of anilines is 1. The molecule has 0 radical (unpaired) electrons. The van der Waals surface area contributed by atoms with Gasteiger partial charge in [0.1, 0.15) is 0 Å². The normalized spacial score (nSPS) is 17.3. The molecule has 0 atom stereocenters. The van der Waals surface area contributed by atoms with Crippen LogP contribution in [0, 0.1) is 6.92 Å². The van der Waals surface area contributed by atoms with Gasteiger partial charge >= 0.3 is 0 Å². The highest BCUT2D eigenvalue weighted by Gasteiger charge is 2.20. The topological polar surface area (TPSA) is 12.0 Å². The predicted octanol–water partition coefficient (Wildman–Crippen LogP) is 2.63. The Morgan fingerprint density at radius 3 is 2.80 bits per heavy atom. The van der Waals surface area contributed by atoms with Gasteiger partial charge < -0.3 is 5.32 Å². The van der Waals surface area contributed by atoms with E-state index >= 15 is 0 Å². The maximum atomic E-state index is 3.46. The molecule has 1 heterocycles. The number of rotatable bonds is 2. The number of aryl methyl sites for hydroxylation is 1. The fourth-order valence-electron chi connectivity index (χ4n) is 0.941. The smallest absolute Gasteiger partial charge is 0.0887 e. The Morgan fingerprint density at radius 1 is 1.50 bits per heavy atom. The van der Waals surface area contributed by atoms with E-state index in [0.29, 0.717) is 0 Å². The van der Waals surface area contributed by atoms with E-state index < -0.39 is 0 Å². The Bertz CT molecular complexity index is 225. The Kier molecular flexibility index (Phi) is 1.42. The van der Waals surface area contributed by atoms with Gasteiger partial charge in [-0.2, -0.15) is 0 Å². The number of thiophene rings is 1. The first kappa shape index (κ1) is 6.23. The van der Waals surface area contributed by atoms with Gasteiger partial charge in [-0.1, -0.05) is 0 Å². The summed E-state index contributed by atoms with van der Waals surface area (Å²) in [5, 5.41) is 4.79. The first-order chi connectivity index (χ1) is 4.84. The number of hydrogen-bond donors (Lipinski definition) is 1. The first-order valence-corrected chi connectivity index (χ1v) is 4.49. The van der Waals surface area contributed by atoms with E-state index in [2.05, 4.69) is 24.4 Å². The second kappa shape index (κ2) is 2.27. The molecular formula is C8H11NS. The maximum Gasteiger partial charge on any atom is 0.0887 e. The molecule has 10 heavy (non-hydrogen) atoms. The lowest BCUT2D eigenvalue weighted by Crippen LogP contribution is -1.97. The van der Waals surface area contributed by atoms with Gasteiger partial charge in [-0.25, -0.2) is 0 Å². The first-order valence-electron chi connectivity index (χ1n) is 3.67. The molecule has 1 saturated carbocycles. The van der Waals surface area contributed by atoms with Crippen LogP contribution in [0.5, 0.6) is 0 Å². The highest BCUT2D eigenvalue weighted by molar-refractivity contribution is 7.16. The summed E-state index contributed by atoms with van der Waals surface area (Å²) in [6.45, 7) is 2.14. The van der Waals surface area contributed by atoms with Crippen LogP contribution in [0.2, 0.25) is 0 Å². The quantitative estimate of drug-likeness (QED) is 0.688. The van der Waals surface area contributed by atoms with Gasteiger partial charge in [-0.3, -0.25) is 0 Å². The van der Waals surface area contributed by atoms with Crippen molar-refractivity contribution < 1.29 is 0 Å². The summed E-state index contributed by atoms with van der Waals surface area (Å²) in [5.41, 5.74) is 0. The van der Waals surface area contributed by atoms with E-state index in [1.807, 2.05) is 11.3 Å². The van der Waals surface area contributed by atoms with E-state index in [0.717, 1.165) is 6.04 Å². The molecule has 1 N–H and O–H groups in total. The SMILES string of the molecule is Cc1ccc(NC2CC2)s1. The zero-order chi connectivity index (χ0) is 6.97. The average Bonchev–Trinajstić information content (AvgIpc) is 2.59. The van der Waals surface area contributed by atoms with Gasteiger partial charge in [0.25, 0.3) is 0 Å². The minimum absolute atomic E-state index is 0.790. The molecule has 0 aromatic carbocycles. The summed E-state index contributed by atoms with van der Waals surface area (Å²) in [5.74, 6) is 0. The molecule has 1 aliphatic carbocycles. The molecule has 2 heteroatoms. The third-order valence-corrected chi connectivity index (χ3v) is 2.60. The van der Waals surface area contributed by atoms with E-state index in [-0.39, 0.29) is 0 Å². The molecular weight excluding hydrogens is 142 g/mol. The Labute approximate surface area is 65.1 Å². The second-order valence-electron chi connectivity index (χ2n) is 2.83. The van der Waals surface area contributed by atoms with Crippen molar-refractivity contribution in [2.45, 2.75) is 25.8 Å². The van der Waals surface area contributed by atoms with Crippen molar-refractivity contribution in [2.24, 2.45) is 0 Å². The van der Waals surface area contributed by atoms with Crippen molar-refractivity contribution in [1.82, 2.24) is 0 Å². The lowest BCUT2D eigenvalue weighted by atomic mass is 10.5. The molecule has 1 aromatic heterocycles. The van der Waals surface area contributed by atoms with E-state index in [1.165, 1.54) is 22.7 Å². The lowest BCUT2D eigenvalue weighted by molar-refractivity contribution is 1.17. The Balaban J connectivity index is 2.03. The lowest BCUT2D eigenvalue weighted by Gasteiger charge is -1.96. The number of hydrogen-bond acceptors (Lipinski definition) is 2. The molecule has 1 aromatic rings. The van der Waals surface area contributed by atoms with Crippen LogP contribution in [-0.2, 0) is 0 Å². The fourth-order valence-corrected chi connectivity index (χ4v) is 1.79. The molecule has 0 bridgehead atoms. The summed E-state index contributed by atoms with van der Waals surface area (Å²) < 4.78 is 0. The van der Waals surface area contributed by atoms with Gasteiger partial charge in [-0.05, 0) is 31.9 Å². The summed E-state index contributed by atoms with van der Waals surface area (Å²) >= 11 is 1.84. The summed E-state index contributed by atoms with van der Waals surface area (Å²) in [6.07, 6.45) is 2.72. The molecule has 1 fully saturated rings. The molecule has 0 spiro atoms. The van der Waals surface area contributed by atoms with E-state index in [9.17, 15) is 0 Å². The highest BCUT2D eigenvalue weighted by atomic mass is 32.1. The van der Waals surface area contributed by atoms with Crippen LogP contribution < -0.4 is 5.32 Å². The van der Waals surface area contributed by atoms with Crippen LogP contribution in [0.1, 0.15) is 17.7 Å². The largest absolute Gasteiger partial charge is 0.374 e. The monoisotopic (exact) mass is 153 g/mol. The zero-order valence-electron chi connectivity index (χ0n) is 6.05. The molecule has 0 amide bonds. The van der Waals surface area contributed by atoms with Crippen LogP contribution >= 0.6 is 11.3 Å². The Morgan fingerprint density at radius 2 is 2.30 bits per heavy atom. The van der Waals surface area contributed by atoms with Gasteiger partial charge in [0.15, 0.2) is 0 Å². The molecule has 0 saturated heterocycles. The second-order valence-corrected chi connectivity index (χ2v) is 4.12. The van der Waals surface area contributed by atoms with Crippen LogP contribution in [0.3, 0.4) is 0 Å². The zero-order valence-corrected chi connectivity index (χ0v) is 6.87. The highest BCUT2D eigenvalue weighted by Crippen LogP contribution is 2.28. The molecule has 0 aliphatic heterocycles.